The second-order valence-electron chi connectivity index (χ2n) is 8.51. The maximum atomic E-state index is 12.9. The molecule has 9 heteroatoms. The van der Waals surface area contributed by atoms with E-state index in [0.717, 1.165) is 42.9 Å². The lowest BCUT2D eigenvalue weighted by Crippen LogP contribution is -2.36. The minimum Gasteiger partial charge on any atom is -0.497 e. The van der Waals surface area contributed by atoms with E-state index in [1.54, 1.807) is 18.2 Å². The Morgan fingerprint density at radius 2 is 2.06 bits per heavy atom. The van der Waals surface area contributed by atoms with Crippen molar-refractivity contribution in [2.75, 3.05) is 26.7 Å². The van der Waals surface area contributed by atoms with Gasteiger partial charge in [0, 0.05) is 57.5 Å². The summed E-state index contributed by atoms with van der Waals surface area (Å²) in [7, 11) is 1.66. The summed E-state index contributed by atoms with van der Waals surface area (Å²) >= 11 is 0. The SMILES string of the molecule is COc1ccc(CN2CCc3nc(C4CCN(C(=O)c5cnccn5)C4)[nH]c(=O)c3C2)cc1. The summed E-state index contributed by atoms with van der Waals surface area (Å²) in [4.78, 5) is 45.5. The van der Waals surface area contributed by atoms with Crippen LogP contribution < -0.4 is 10.3 Å². The molecule has 2 aliphatic heterocycles. The molecule has 0 bridgehead atoms. The number of hydrogen-bond acceptors (Lipinski definition) is 7. The van der Waals surface area contributed by atoms with Crippen LogP contribution in [0.25, 0.3) is 0 Å². The van der Waals surface area contributed by atoms with Crippen molar-refractivity contribution in [2.45, 2.75) is 31.8 Å². The molecule has 4 heterocycles. The summed E-state index contributed by atoms with van der Waals surface area (Å²) in [6, 6.07) is 8.00. The molecule has 33 heavy (non-hydrogen) atoms. The van der Waals surface area contributed by atoms with E-state index in [-0.39, 0.29) is 17.4 Å². The molecule has 0 saturated carbocycles. The van der Waals surface area contributed by atoms with Gasteiger partial charge in [0.15, 0.2) is 0 Å². The fourth-order valence-corrected chi connectivity index (χ4v) is 4.56. The van der Waals surface area contributed by atoms with Crippen molar-refractivity contribution in [3.8, 4) is 5.75 Å². The van der Waals surface area contributed by atoms with Crippen LogP contribution in [0.3, 0.4) is 0 Å². The molecule has 1 N–H and O–H groups in total. The minimum absolute atomic E-state index is 0.0148. The average Bonchev–Trinajstić information content (AvgIpc) is 3.35. The van der Waals surface area contributed by atoms with Gasteiger partial charge in [-0.2, -0.15) is 0 Å². The highest BCUT2D eigenvalue weighted by atomic mass is 16.5. The molecule has 0 spiro atoms. The Kier molecular flexibility index (Phi) is 5.87. The van der Waals surface area contributed by atoms with Gasteiger partial charge in [-0.15, -0.1) is 0 Å². The zero-order valence-electron chi connectivity index (χ0n) is 18.5. The van der Waals surface area contributed by atoms with Gasteiger partial charge in [-0.3, -0.25) is 19.5 Å². The van der Waals surface area contributed by atoms with Gasteiger partial charge < -0.3 is 14.6 Å². The Balaban J connectivity index is 1.26. The van der Waals surface area contributed by atoms with Crippen LogP contribution in [0.2, 0.25) is 0 Å². The Bertz CT molecular complexity index is 1200. The van der Waals surface area contributed by atoms with Gasteiger partial charge in [0.05, 0.1) is 24.6 Å². The van der Waals surface area contributed by atoms with E-state index in [2.05, 4.69) is 19.9 Å². The first-order chi connectivity index (χ1) is 16.1. The van der Waals surface area contributed by atoms with Gasteiger partial charge in [-0.05, 0) is 24.1 Å². The highest BCUT2D eigenvalue weighted by molar-refractivity contribution is 5.92. The van der Waals surface area contributed by atoms with E-state index in [1.165, 1.54) is 18.0 Å². The highest BCUT2D eigenvalue weighted by Crippen LogP contribution is 2.26. The van der Waals surface area contributed by atoms with Gasteiger partial charge in [-0.25, -0.2) is 9.97 Å². The molecule has 170 valence electrons. The van der Waals surface area contributed by atoms with Crippen molar-refractivity contribution >= 4 is 5.91 Å². The van der Waals surface area contributed by atoms with Crippen molar-refractivity contribution in [3.05, 3.63) is 81.5 Å². The lowest BCUT2D eigenvalue weighted by Gasteiger charge is -2.28. The molecule has 9 nitrogen and oxygen atoms in total. The number of carbonyl (C=O) groups is 1. The third-order valence-electron chi connectivity index (χ3n) is 6.38. The monoisotopic (exact) mass is 446 g/mol. The number of benzene rings is 1. The van der Waals surface area contributed by atoms with Gasteiger partial charge in [-0.1, -0.05) is 12.1 Å². The topological polar surface area (TPSA) is 104 Å². The molecular weight excluding hydrogens is 420 g/mol. The predicted octanol–water partition coefficient (Wildman–Crippen LogP) is 1.76. The number of aromatic amines is 1. The first-order valence-electron chi connectivity index (χ1n) is 11.1. The third-order valence-corrected chi connectivity index (χ3v) is 6.38. The van der Waals surface area contributed by atoms with Gasteiger partial charge in [0.25, 0.3) is 11.5 Å². The molecule has 1 atom stereocenters. The summed E-state index contributed by atoms with van der Waals surface area (Å²) in [6.07, 6.45) is 6.03. The van der Waals surface area contributed by atoms with Crippen LogP contribution in [0.1, 0.15) is 45.5 Å². The smallest absolute Gasteiger partial charge is 0.274 e. The van der Waals surface area contributed by atoms with Gasteiger partial charge >= 0.3 is 0 Å². The fourth-order valence-electron chi connectivity index (χ4n) is 4.56. The van der Waals surface area contributed by atoms with E-state index in [0.29, 0.717) is 31.2 Å². The Labute approximate surface area is 191 Å². The lowest BCUT2D eigenvalue weighted by molar-refractivity contribution is 0.0784. The van der Waals surface area contributed by atoms with Crippen LogP contribution in [0.5, 0.6) is 5.75 Å². The summed E-state index contributed by atoms with van der Waals surface area (Å²) in [5, 5.41) is 0. The first kappa shape index (κ1) is 21.3. The second kappa shape index (κ2) is 9.11. The van der Waals surface area contributed by atoms with Crippen molar-refractivity contribution < 1.29 is 9.53 Å². The number of hydrogen-bond donors (Lipinski definition) is 1. The van der Waals surface area contributed by atoms with Crippen molar-refractivity contribution in [1.29, 1.82) is 0 Å². The Hall–Kier alpha value is -3.59. The van der Waals surface area contributed by atoms with Crippen LogP contribution in [0, 0.1) is 0 Å². The Morgan fingerprint density at radius 1 is 1.21 bits per heavy atom. The molecule has 1 aromatic carbocycles. The van der Waals surface area contributed by atoms with Gasteiger partial charge in [0.2, 0.25) is 0 Å². The molecule has 5 rings (SSSR count). The van der Waals surface area contributed by atoms with Crippen molar-refractivity contribution in [3.63, 3.8) is 0 Å². The van der Waals surface area contributed by atoms with Gasteiger partial charge in [0.1, 0.15) is 17.3 Å². The molecule has 2 aromatic heterocycles. The number of likely N-dealkylation sites (tertiary alicyclic amines) is 1. The first-order valence-corrected chi connectivity index (χ1v) is 11.1. The molecular formula is C24H26N6O3. The number of rotatable bonds is 5. The van der Waals surface area contributed by atoms with E-state index in [1.807, 2.05) is 24.3 Å². The van der Waals surface area contributed by atoms with Crippen LogP contribution >= 0.6 is 0 Å². The highest BCUT2D eigenvalue weighted by Gasteiger charge is 2.31. The standard InChI is InChI=1S/C24H26N6O3/c1-33-18-4-2-16(3-5-18)13-29-10-7-20-19(15-29)23(31)28-22(27-20)17-6-11-30(14-17)24(32)21-12-25-8-9-26-21/h2-5,8-9,12,17H,6-7,10-11,13-15H2,1H3,(H,27,28,31). The number of nitrogens with zero attached hydrogens (tertiary/aromatic N) is 5. The lowest BCUT2D eigenvalue weighted by atomic mass is 10.0. The third kappa shape index (κ3) is 4.49. The fraction of sp³-hybridized carbons (Fsp3) is 0.375. The van der Waals surface area contributed by atoms with Crippen molar-refractivity contribution in [1.82, 2.24) is 29.7 Å². The number of nitrogens with one attached hydrogen (secondary N) is 1. The maximum absolute atomic E-state index is 12.9. The average molecular weight is 447 g/mol. The summed E-state index contributed by atoms with van der Waals surface area (Å²) in [5.74, 6) is 1.39. The van der Waals surface area contributed by atoms with Crippen molar-refractivity contribution in [2.24, 2.45) is 0 Å². The molecule has 1 saturated heterocycles. The number of aromatic nitrogens is 4. The summed E-state index contributed by atoms with van der Waals surface area (Å²) in [5.41, 5.74) is 3.05. The maximum Gasteiger partial charge on any atom is 0.274 e. The summed E-state index contributed by atoms with van der Waals surface area (Å²) < 4.78 is 5.22. The van der Waals surface area contributed by atoms with E-state index >= 15 is 0 Å². The molecule has 0 aliphatic carbocycles. The number of H-pyrrole nitrogens is 1. The second-order valence-corrected chi connectivity index (χ2v) is 8.51. The molecule has 1 fully saturated rings. The summed E-state index contributed by atoms with van der Waals surface area (Å²) in [6.45, 7) is 3.31. The largest absolute Gasteiger partial charge is 0.497 e. The quantitative estimate of drug-likeness (QED) is 0.637. The van der Waals surface area contributed by atoms with Crippen LogP contribution in [0.15, 0.2) is 47.7 Å². The zero-order valence-corrected chi connectivity index (χ0v) is 18.5. The number of carbonyl (C=O) groups excluding carboxylic acids is 1. The van der Waals surface area contributed by atoms with Crippen LogP contribution in [-0.4, -0.2) is 62.4 Å². The molecule has 1 unspecified atom stereocenters. The molecule has 0 radical (unpaired) electrons. The Morgan fingerprint density at radius 3 is 2.82 bits per heavy atom. The van der Waals surface area contributed by atoms with E-state index in [9.17, 15) is 9.59 Å². The van der Waals surface area contributed by atoms with E-state index < -0.39 is 0 Å². The number of methoxy groups -OCH3 is 1. The predicted molar refractivity (Wildman–Crippen MR) is 121 cm³/mol. The molecule has 1 amide bonds. The number of amides is 1. The number of ether oxygens (including phenoxy) is 1. The van der Waals surface area contributed by atoms with E-state index in [4.69, 9.17) is 9.72 Å². The van der Waals surface area contributed by atoms with Crippen LogP contribution in [-0.2, 0) is 19.5 Å². The molecule has 2 aliphatic rings. The van der Waals surface area contributed by atoms with Crippen LogP contribution in [0.4, 0.5) is 0 Å². The minimum atomic E-state index is -0.139. The molecule has 3 aromatic rings. The normalized spacial score (nSPS) is 18.2. The zero-order chi connectivity index (χ0) is 22.8. The number of fused-ring (bicyclic) bond motifs is 1.